The van der Waals surface area contributed by atoms with Crippen LogP contribution in [0.4, 0.5) is 5.13 Å². The molecule has 0 aliphatic carbocycles. The summed E-state index contributed by atoms with van der Waals surface area (Å²) in [6.07, 6.45) is 0.799. The number of aryl methyl sites for hydroxylation is 2. The quantitative estimate of drug-likeness (QED) is 0.439. The van der Waals surface area contributed by atoms with Crippen LogP contribution in [0.5, 0.6) is 0 Å². The molecule has 1 amide bonds. The molecule has 31 heavy (non-hydrogen) atoms. The van der Waals surface area contributed by atoms with Crippen LogP contribution in [0.2, 0.25) is 0 Å². The number of fused-ring (bicyclic) bond motifs is 2. The van der Waals surface area contributed by atoms with Gasteiger partial charge in [0.15, 0.2) is 10.7 Å². The van der Waals surface area contributed by atoms with E-state index >= 15 is 0 Å². The molecule has 0 aliphatic rings. The molecule has 0 radical (unpaired) electrons. The molecule has 0 N–H and O–H groups in total. The zero-order valence-corrected chi connectivity index (χ0v) is 19.0. The van der Waals surface area contributed by atoms with Crippen molar-refractivity contribution in [1.82, 2.24) is 14.5 Å². The molecule has 2 heterocycles. The van der Waals surface area contributed by atoms with Gasteiger partial charge in [-0.3, -0.25) is 14.3 Å². The number of carbonyl (C=O) groups is 1. The second kappa shape index (κ2) is 8.64. The van der Waals surface area contributed by atoms with Crippen LogP contribution in [-0.4, -0.2) is 47.5 Å². The van der Waals surface area contributed by atoms with Crippen LogP contribution in [0.1, 0.15) is 17.5 Å². The number of para-hydroxylation sites is 2. The highest BCUT2D eigenvalue weighted by Gasteiger charge is 2.23. The summed E-state index contributed by atoms with van der Waals surface area (Å²) < 4.78 is 7.77. The lowest BCUT2D eigenvalue weighted by atomic mass is 10.1. The van der Waals surface area contributed by atoms with Gasteiger partial charge in [-0.15, -0.1) is 0 Å². The normalized spacial score (nSPS) is 11.6. The van der Waals surface area contributed by atoms with Gasteiger partial charge >= 0.3 is 5.76 Å². The Morgan fingerprint density at radius 1 is 1.10 bits per heavy atom. The van der Waals surface area contributed by atoms with Gasteiger partial charge < -0.3 is 9.32 Å². The molecule has 0 unspecified atom stereocenters. The minimum atomic E-state index is -0.529. The van der Waals surface area contributed by atoms with Crippen molar-refractivity contribution in [2.75, 3.05) is 32.1 Å². The lowest BCUT2D eigenvalue weighted by Gasteiger charge is -2.21. The van der Waals surface area contributed by atoms with Crippen molar-refractivity contribution >= 4 is 43.7 Å². The van der Waals surface area contributed by atoms with E-state index in [-0.39, 0.29) is 12.5 Å². The number of amides is 1. The fourth-order valence-electron chi connectivity index (χ4n) is 3.62. The van der Waals surface area contributed by atoms with Gasteiger partial charge in [-0.2, -0.15) is 0 Å². The third-order valence-electron chi connectivity index (χ3n) is 5.32. The lowest BCUT2D eigenvalue weighted by Crippen LogP contribution is -2.37. The summed E-state index contributed by atoms with van der Waals surface area (Å²) >= 11 is 1.52. The van der Waals surface area contributed by atoms with Crippen LogP contribution >= 0.6 is 11.3 Å². The van der Waals surface area contributed by atoms with E-state index in [0.717, 1.165) is 34.3 Å². The molecule has 162 valence electrons. The van der Waals surface area contributed by atoms with Crippen molar-refractivity contribution in [3.63, 3.8) is 0 Å². The molecular formula is C23H26N4O3S. The van der Waals surface area contributed by atoms with Crippen LogP contribution in [-0.2, 0) is 11.3 Å². The third kappa shape index (κ3) is 4.26. The highest BCUT2D eigenvalue weighted by atomic mass is 32.1. The van der Waals surface area contributed by atoms with Crippen molar-refractivity contribution in [3.05, 3.63) is 58.1 Å². The van der Waals surface area contributed by atoms with Crippen LogP contribution in [0.3, 0.4) is 0 Å². The maximum absolute atomic E-state index is 13.4. The number of hydrogen-bond donors (Lipinski definition) is 0. The van der Waals surface area contributed by atoms with Gasteiger partial charge in [0.2, 0.25) is 5.91 Å². The minimum Gasteiger partial charge on any atom is -0.408 e. The van der Waals surface area contributed by atoms with E-state index in [1.165, 1.54) is 15.9 Å². The Morgan fingerprint density at radius 3 is 2.58 bits per heavy atom. The Bertz CT molecular complexity index is 1260. The average molecular weight is 439 g/mol. The fourth-order valence-corrected chi connectivity index (χ4v) is 4.77. The molecule has 8 heteroatoms. The highest BCUT2D eigenvalue weighted by molar-refractivity contribution is 7.22. The topological polar surface area (TPSA) is 71.6 Å². The van der Waals surface area contributed by atoms with Crippen molar-refractivity contribution in [2.45, 2.75) is 26.8 Å². The maximum atomic E-state index is 13.4. The number of thiazole rings is 1. The van der Waals surface area contributed by atoms with Crippen LogP contribution in [0.25, 0.3) is 21.3 Å². The maximum Gasteiger partial charge on any atom is 0.420 e. The average Bonchev–Trinajstić information content (AvgIpc) is 3.31. The van der Waals surface area contributed by atoms with Crippen LogP contribution < -0.4 is 10.7 Å². The summed E-state index contributed by atoms with van der Waals surface area (Å²) in [6, 6.07) is 11.3. The van der Waals surface area contributed by atoms with E-state index in [1.807, 2.05) is 27.1 Å². The number of nitrogens with zero attached hydrogens (tertiary/aromatic N) is 4. The van der Waals surface area contributed by atoms with Gasteiger partial charge in [0.25, 0.3) is 0 Å². The molecule has 4 aromatic rings. The molecule has 0 atom stereocenters. The number of carbonyl (C=O) groups excluding carboxylic acids is 1. The van der Waals surface area contributed by atoms with Crippen molar-refractivity contribution in [2.24, 2.45) is 0 Å². The second-order valence-electron chi connectivity index (χ2n) is 8.00. The summed E-state index contributed by atoms with van der Waals surface area (Å²) in [5.74, 6) is -0.708. The highest BCUT2D eigenvalue weighted by Crippen LogP contribution is 2.33. The summed E-state index contributed by atoms with van der Waals surface area (Å²) in [7, 11) is 4.02. The molecule has 0 aliphatic heterocycles. The standard InChI is InChI=1S/C23H26N4O3S/c1-15-10-11-16(2)21-20(15)24-22(31-21)26(13-7-12-25(3)4)19(28)14-27-17-8-5-6-9-18(17)30-23(27)29/h5-6,8-11H,7,12-14H2,1-4H3. The number of hydrogen-bond acceptors (Lipinski definition) is 6. The van der Waals surface area contributed by atoms with Crippen molar-refractivity contribution < 1.29 is 9.21 Å². The van der Waals surface area contributed by atoms with Gasteiger partial charge in [-0.1, -0.05) is 35.6 Å². The second-order valence-corrected chi connectivity index (χ2v) is 8.98. The first-order valence-electron chi connectivity index (χ1n) is 10.3. The SMILES string of the molecule is Cc1ccc(C)c2sc(N(CCCN(C)C)C(=O)Cn3c(=O)oc4ccccc43)nc12. The van der Waals surface area contributed by atoms with Gasteiger partial charge in [0.1, 0.15) is 6.54 Å². The molecule has 7 nitrogen and oxygen atoms in total. The van der Waals surface area contributed by atoms with E-state index in [2.05, 4.69) is 24.0 Å². The summed E-state index contributed by atoms with van der Waals surface area (Å²) in [6.45, 7) is 5.37. The van der Waals surface area contributed by atoms with Crippen LogP contribution in [0.15, 0.2) is 45.6 Å². The molecule has 0 saturated carbocycles. The number of oxazole rings is 1. The first-order chi connectivity index (χ1) is 14.8. The summed E-state index contributed by atoms with van der Waals surface area (Å²) in [5, 5.41) is 0.664. The number of benzene rings is 2. The molecular weight excluding hydrogens is 412 g/mol. The fraction of sp³-hybridized carbons (Fsp3) is 0.348. The Balaban J connectivity index is 1.70. The third-order valence-corrected chi connectivity index (χ3v) is 6.53. The minimum absolute atomic E-state index is 0.0916. The Labute approximate surface area is 184 Å². The zero-order chi connectivity index (χ0) is 22.1. The molecule has 0 saturated heterocycles. The summed E-state index contributed by atoms with van der Waals surface area (Å²) in [4.78, 5) is 34.4. The van der Waals surface area contributed by atoms with E-state index < -0.39 is 5.76 Å². The zero-order valence-electron chi connectivity index (χ0n) is 18.2. The molecule has 0 fully saturated rings. The predicted octanol–water partition coefficient (Wildman–Crippen LogP) is 3.81. The van der Waals surface area contributed by atoms with E-state index in [9.17, 15) is 9.59 Å². The first-order valence-corrected chi connectivity index (χ1v) is 11.1. The Kier molecular flexibility index (Phi) is 5.93. The van der Waals surface area contributed by atoms with E-state index in [1.54, 1.807) is 23.1 Å². The van der Waals surface area contributed by atoms with E-state index in [4.69, 9.17) is 9.40 Å². The van der Waals surface area contributed by atoms with Crippen molar-refractivity contribution in [1.29, 1.82) is 0 Å². The summed E-state index contributed by atoms with van der Waals surface area (Å²) in [5.41, 5.74) is 4.25. The predicted molar refractivity (Wildman–Crippen MR) is 125 cm³/mol. The van der Waals surface area contributed by atoms with Gasteiger partial charge in [0.05, 0.1) is 15.7 Å². The molecule has 0 bridgehead atoms. The lowest BCUT2D eigenvalue weighted by molar-refractivity contribution is -0.119. The smallest absolute Gasteiger partial charge is 0.408 e. The Hall–Kier alpha value is -2.97. The van der Waals surface area contributed by atoms with Gasteiger partial charge in [-0.25, -0.2) is 9.78 Å². The Morgan fingerprint density at radius 2 is 1.84 bits per heavy atom. The van der Waals surface area contributed by atoms with Crippen molar-refractivity contribution in [3.8, 4) is 0 Å². The van der Waals surface area contributed by atoms with Gasteiger partial charge in [-0.05, 0) is 64.2 Å². The first kappa shape index (κ1) is 21.3. The number of aromatic nitrogens is 2. The largest absolute Gasteiger partial charge is 0.420 e. The monoisotopic (exact) mass is 438 g/mol. The number of rotatable bonds is 7. The molecule has 2 aromatic heterocycles. The van der Waals surface area contributed by atoms with Gasteiger partial charge in [0, 0.05) is 6.54 Å². The van der Waals surface area contributed by atoms with Crippen LogP contribution in [0, 0.1) is 13.8 Å². The molecule has 4 rings (SSSR count). The molecule has 0 spiro atoms. The number of anilines is 1. The van der Waals surface area contributed by atoms with E-state index in [0.29, 0.717) is 22.8 Å². The molecule has 2 aromatic carbocycles.